The minimum atomic E-state index is -1.27. The van der Waals surface area contributed by atoms with E-state index in [4.69, 9.17) is 4.42 Å². The molecule has 20 heavy (non-hydrogen) atoms. The Hall–Kier alpha value is -2.40. The first kappa shape index (κ1) is 12.6. The van der Waals surface area contributed by atoms with Gasteiger partial charge in [-0.15, -0.1) is 11.3 Å². The largest absolute Gasteiger partial charge is 0.477 e. The molecule has 0 spiro atoms. The third kappa shape index (κ3) is 1.83. The summed E-state index contributed by atoms with van der Waals surface area (Å²) in [5.41, 5.74) is 0.300. The molecule has 0 bridgehead atoms. The highest BCUT2D eigenvalue weighted by molar-refractivity contribution is 7.13. The maximum Gasteiger partial charge on any atom is 0.343 e. The molecule has 1 N–H and O–H groups in total. The van der Waals surface area contributed by atoms with Gasteiger partial charge in [0.1, 0.15) is 5.58 Å². The van der Waals surface area contributed by atoms with Gasteiger partial charge in [-0.2, -0.15) is 0 Å². The van der Waals surface area contributed by atoms with Crippen LogP contribution < -0.4 is 5.43 Å². The quantitative estimate of drug-likeness (QED) is 0.782. The molecule has 3 rings (SSSR count). The summed E-state index contributed by atoms with van der Waals surface area (Å²) in [5.74, 6) is -1.15. The van der Waals surface area contributed by atoms with Crippen LogP contribution >= 0.6 is 11.3 Å². The van der Waals surface area contributed by atoms with Gasteiger partial charge in [0.2, 0.25) is 5.43 Å². The zero-order chi connectivity index (χ0) is 14.3. The molecular weight excluding hydrogens is 276 g/mol. The molecule has 0 fully saturated rings. The molecule has 0 saturated carbocycles. The number of fused-ring (bicyclic) bond motifs is 1. The van der Waals surface area contributed by atoms with E-state index in [2.05, 4.69) is 0 Å². The smallest absolute Gasteiger partial charge is 0.343 e. The predicted octanol–water partition coefficient (Wildman–Crippen LogP) is 3.53. The van der Waals surface area contributed by atoms with Gasteiger partial charge in [-0.3, -0.25) is 4.79 Å². The van der Waals surface area contributed by atoms with Gasteiger partial charge in [0.05, 0.1) is 10.3 Å². The van der Waals surface area contributed by atoms with Crippen LogP contribution in [0.2, 0.25) is 0 Å². The second-order valence-electron chi connectivity index (χ2n) is 4.37. The van der Waals surface area contributed by atoms with E-state index in [0.29, 0.717) is 21.4 Å². The van der Waals surface area contributed by atoms with Crippen molar-refractivity contribution >= 4 is 28.3 Å². The molecule has 0 aliphatic carbocycles. The number of hydrogen-bond donors (Lipinski definition) is 1. The first-order valence-corrected chi connectivity index (χ1v) is 6.81. The maximum absolute atomic E-state index is 12.5. The average molecular weight is 286 g/mol. The van der Waals surface area contributed by atoms with Crippen molar-refractivity contribution in [3.8, 4) is 10.6 Å². The van der Waals surface area contributed by atoms with E-state index in [-0.39, 0.29) is 11.3 Å². The Morgan fingerprint density at radius 2 is 2.05 bits per heavy atom. The highest BCUT2D eigenvalue weighted by atomic mass is 32.1. The Morgan fingerprint density at radius 3 is 2.70 bits per heavy atom. The fraction of sp³-hybridized carbons (Fsp3) is 0.0667. The summed E-state index contributed by atoms with van der Waals surface area (Å²) in [6.07, 6.45) is 0. The second kappa shape index (κ2) is 4.61. The number of hydrogen-bond acceptors (Lipinski definition) is 4. The van der Waals surface area contributed by atoms with Crippen LogP contribution in [0.25, 0.3) is 21.6 Å². The lowest BCUT2D eigenvalue weighted by Gasteiger charge is -2.07. The number of aromatic carboxylic acids is 1. The molecule has 0 atom stereocenters. The summed E-state index contributed by atoms with van der Waals surface area (Å²) in [5, 5.41) is 11.5. The van der Waals surface area contributed by atoms with Crippen molar-refractivity contribution in [2.45, 2.75) is 6.92 Å². The predicted molar refractivity (Wildman–Crippen MR) is 77.5 cm³/mol. The monoisotopic (exact) mass is 286 g/mol. The Balaban J connectivity index is 2.50. The molecule has 1 aromatic carbocycles. The van der Waals surface area contributed by atoms with Crippen molar-refractivity contribution in [3.05, 3.63) is 57.1 Å². The van der Waals surface area contributed by atoms with E-state index >= 15 is 0 Å². The molecule has 3 aromatic rings. The number of carboxylic acids is 1. The van der Waals surface area contributed by atoms with Crippen molar-refractivity contribution in [1.29, 1.82) is 0 Å². The lowest BCUT2D eigenvalue weighted by molar-refractivity contribution is 0.0695. The minimum Gasteiger partial charge on any atom is -0.477 e. The summed E-state index contributed by atoms with van der Waals surface area (Å²) in [6, 6.07) is 8.73. The van der Waals surface area contributed by atoms with Crippen LogP contribution in [0, 0.1) is 6.92 Å². The zero-order valence-corrected chi connectivity index (χ0v) is 11.4. The molecule has 4 nitrogen and oxygen atoms in total. The molecule has 5 heteroatoms. The molecule has 0 radical (unpaired) electrons. The molecule has 0 saturated heterocycles. The van der Waals surface area contributed by atoms with E-state index in [1.807, 2.05) is 0 Å². The lowest BCUT2D eigenvalue weighted by atomic mass is 10.1. The molecular formula is C15H10O4S. The van der Waals surface area contributed by atoms with E-state index < -0.39 is 11.4 Å². The first-order valence-electron chi connectivity index (χ1n) is 5.93. The van der Waals surface area contributed by atoms with Gasteiger partial charge in [-0.05, 0) is 30.0 Å². The summed E-state index contributed by atoms with van der Waals surface area (Å²) in [6.45, 7) is 1.76. The lowest BCUT2D eigenvalue weighted by Crippen LogP contribution is -2.17. The van der Waals surface area contributed by atoms with Crippen LogP contribution in [0.3, 0.4) is 0 Å². The van der Waals surface area contributed by atoms with Gasteiger partial charge in [0.25, 0.3) is 0 Å². The van der Waals surface area contributed by atoms with Crippen molar-refractivity contribution in [2.75, 3.05) is 0 Å². The third-order valence-corrected chi connectivity index (χ3v) is 3.96. The van der Waals surface area contributed by atoms with Crippen molar-refractivity contribution in [1.82, 2.24) is 0 Å². The Morgan fingerprint density at radius 1 is 1.25 bits per heavy atom. The first-order chi connectivity index (χ1) is 9.59. The minimum absolute atomic E-state index is 0.121. The van der Waals surface area contributed by atoms with Crippen molar-refractivity contribution < 1.29 is 14.3 Å². The van der Waals surface area contributed by atoms with Crippen LogP contribution in [0.15, 0.2) is 44.9 Å². The number of aryl methyl sites for hydroxylation is 1. The normalized spacial score (nSPS) is 10.8. The molecule has 0 unspecified atom stereocenters. The van der Waals surface area contributed by atoms with Crippen molar-refractivity contribution in [2.24, 2.45) is 0 Å². The molecule has 2 heterocycles. The van der Waals surface area contributed by atoms with Gasteiger partial charge < -0.3 is 9.52 Å². The third-order valence-electron chi connectivity index (χ3n) is 3.09. The van der Waals surface area contributed by atoms with Crippen molar-refractivity contribution in [3.63, 3.8) is 0 Å². The highest BCUT2D eigenvalue weighted by Gasteiger charge is 2.22. The number of carbonyl (C=O) groups is 1. The summed E-state index contributed by atoms with van der Waals surface area (Å²) < 4.78 is 5.69. The van der Waals surface area contributed by atoms with Gasteiger partial charge in [0.15, 0.2) is 11.3 Å². The van der Waals surface area contributed by atoms with Gasteiger partial charge >= 0.3 is 5.97 Å². The molecule has 0 aliphatic heterocycles. The van der Waals surface area contributed by atoms with Crippen LogP contribution in [0.5, 0.6) is 0 Å². The summed E-state index contributed by atoms with van der Waals surface area (Å²) in [7, 11) is 0. The molecule has 0 amide bonds. The average Bonchev–Trinajstić information content (AvgIpc) is 2.91. The van der Waals surface area contributed by atoms with E-state index in [9.17, 15) is 14.7 Å². The van der Waals surface area contributed by atoms with Gasteiger partial charge in [-0.1, -0.05) is 18.2 Å². The molecule has 0 aliphatic rings. The summed E-state index contributed by atoms with van der Waals surface area (Å²) in [4.78, 5) is 24.5. The van der Waals surface area contributed by atoms with Crippen LogP contribution in [0.1, 0.15) is 15.9 Å². The van der Waals surface area contributed by atoms with Gasteiger partial charge in [-0.25, -0.2) is 4.79 Å². The van der Waals surface area contributed by atoms with Crippen LogP contribution in [-0.2, 0) is 0 Å². The van der Waals surface area contributed by atoms with E-state index in [1.54, 1.807) is 42.6 Å². The second-order valence-corrected chi connectivity index (χ2v) is 5.31. The number of carboxylic acid groups (broad SMARTS) is 1. The fourth-order valence-electron chi connectivity index (χ4n) is 2.18. The van der Waals surface area contributed by atoms with E-state index in [1.165, 1.54) is 11.3 Å². The van der Waals surface area contributed by atoms with E-state index in [0.717, 1.165) is 0 Å². The Bertz CT molecular complexity index is 859. The Labute approximate surface area is 117 Å². The molecule has 100 valence electrons. The van der Waals surface area contributed by atoms with Crippen LogP contribution in [0.4, 0.5) is 0 Å². The maximum atomic E-state index is 12.5. The number of benzene rings is 1. The Kier molecular flexibility index (Phi) is 2.91. The van der Waals surface area contributed by atoms with Crippen LogP contribution in [-0.4, -0.2) is 11.1 Å². The number of thiophene rings is 1. The standard InChI is InChI=1S/C15H10O4S/c1-8-4-2-5-9-11(8)13(16)12(15(17)18)14(19-9)10-6-3-7-20-10/h2-7H,1H3,(H,17,18). The summed E-state index contributed by atoms with van der Waals surface area (Å²) >= 11 is 1.33. The van der Waals surface area contributed by atoms with Gasteiger partial charge in [0, 0.05) is 0 Å². The fourth-order valence-corrected chi connectivity index (χ4v) is 2.89. The SMILES string of the molecule is Cc1cccc2oc(-c3cccs3)c(C(=O)O)c(=O)c12. The zero-order valence-electron chi connectivity index (χ0n) is 10.5. The number of rotatable bonds is 2. The molecule has 2 aromatic heterocycles. The topological polar surface area (TPSA) is 67.5 Å². The highest BCUT2D eigenvalue weighted by Crippen LogP contribution is 2.30.